The second kappa shape index (κ2) is 9.23. The lowest BCUT2D eigenvalue weighted by atomic mass is 10.1. The Hall–Kier alpha value is -4.35. The van der Waals surface area contributed by atoms with Crippen molar-refractivity contribution < 1.29 is 33.7 Å². The van der Waals surface area contributed by atoms with E-state index in [-0.39, 0.29) is 22.4 Å². The number of nitro benzene ring substituents is 2. The van der Waals surface area contributed by atoms with Crippen LogP contribution in [0.4, 0.5) is 17.1 Å². The van der Waals surface area contributed by atoms with Crippen LogP contribution in [0.2, 0.25) is 0 Å². The second-order valence-electron chi connectivity index (χ2n) is 5.80. The van der Waals surface area contributed by atoms with Gasteiger partial charge in [0, 0.05) is 11.6 Å². The monoisotopic (exact) mass is 417 g/mol. The first-order chi connectivity index (χ1) is 14.2. The van der Waals surface area contributed by atoms with Crippen LogP contribution in [0, 0.1) is 20.2 Å². The molecule has 0 saturated carbocycles. The topological polar surface area (TPSA) is 168 Å². The number of nitro groups is 2. The highest BCUT2D eigenvalue weighted by molar-refractivity contribution is 6.04. The number of amides is 1. The van der Waals surface area contributed by atoms with Crippen LogP contribution in [0.1, 0.15) is 26.3 Å². The number of methoxy groups -OCH3 is 2. The minimum absolute atomic E-state index is 0.0433. The third kappa shape index (κ3) is 4.92. The number of non-ortho nitro benzene ring substituents is 1. The number of anilines is 1. The van der Waals surface area contributed by atoms with E-state index in [2.05, 4.69) is 14.8 Å². The Kier molecular flexibility index (Phi) is 6.75. The van der Waals surface area contributed by atoms with Crippen LogP contribution in [0.25, 0.3) is 0 Å². The number of benzene rings is 2. The summed E-state index contributed by atoms with van der Waals surface area (Å²) in [6, 6.07) is 6.63. The molecule has 12 nitrogen and oxygen atoms in total. The van der Waals surface area contributed by atoms with Gasteiger partial charge in [0.05, 0.1) is 53.4 Å². The molecule has 0 saturated heterocycles. The van der Waals surface area contributed by atoms with Gasteiger partial charge in [-0.15, -0.1) is 0 Å². The maximum absolute atomic E-state index is 12.5. The minimum Gasteiger partial charge on any atom is -0.465 e. The lowest BCUT2D eigenvalue weighted by molar-refractivity contribution is -0.394. The molecule has 2 aromatic rings. The number of ether oxygens (including phenoxy) is 2. The fraction of sp³-hybridized carbons (Fsp3) is 0.167. The van der Waals surface area contributed by atoms with Crippen molar-refractivity contribution in [3.05, 3.63) is 73.3 Å². The predicted molar refractivity (Wildman–Crippen MR) is 101 cm³/mol. The Labute approximate surface area is 168 Å². The van der Waals surface area contributed by atoms with Gasteiger partial charge < -0.3 is 14.8 Å². The van der Waals surface area contributed by atoms with E-state index in [0.717, 1.165) is 32.4 Å². The second-order valence-corrected chi connectivity index (χ2v) is 5.80. The molecule has 0 aliphatic heterocycles. The van der Waals surface area contributed by atoms with E-state index in [1.165, 1.54) is 18.2 Å². The molecule has 0 unspecified atom stereocenters. The zero-order valence-electron chi connectivity index (χ0n) is 15.7. The fourth-order valence-corrected chi connectivity index (χ4v) is 2.53. The predicted octanol–water partition coefficient (Wildman–Crippen LogP) is 2.26. The number of nitrogens with zero attached hydrogens (tertiary/aromatic N) is 2. The summed E-state index contributed by atoms with van der Waals surface area (Å²) in [6.07, 6.45) is -0.516. The van der Waals surface area contributed by atoms with Crippen LogP contribution in [0.5, 0.6) is 0 Å². The molecule has 1 amide bonds. The summed E-state index contributed by atoms with van der Waals surface area (Å²) >= 11 is 0. The van der Waals surface area contributed by atoms with E-state index in [4.69, 9.17) is 0 Å². The molecule has 0 radical (unpaired) electrons. The van der Waals surface area contributed by atoms with Crippen LogP contribution in [-0.2, 0) is 20.7 Å². The third-order valence-corrected chi connectivity index (χ3v) is 3.95. The van der Waals surface area contributed by atoms with Crippen LogP contribution < -0.4 is 5.32 Å². The maximum Gasteiger partial charge on any atom is 0.339 e. The molecule has 0 heterocycles. The van der Waals surface area contributed by atoms with Crippen molar-refractivity contribution in [1.82, 2.24) is 0 Å². The SMILES string of the molecule is COC(=O)c1ccc(C(=O)OC)c(NC(=O)Cc2ccc([N+](=O)[O-])cc2[N+](=O)[O-])c1. The Morgan fingerprint density at radius 1 is 0.933 bits per heavy atom. The van der Waals surface area contributed by atoms with Crippen molar-refractivity contribution in [2.75, 3.05) is 19.5 Å². The Morgan fingerprint density at radius 2 is 1.60 bits per heavy atom. The molecule has 30 heavy (non-hydrogen) atoms. The van der Waals surface area contributed by atoms with Gasteiger partial charge in [0.2, 0.25) is 5.91 Å². The average molecular weight is 417 g/mol. The summed E-state index contributed by atoms with van der Waals surface area (Å²) in [6.45, 7) is 0. The number of carbonyl (C=O) groups excluding carboxylic acids is 3. The Morgan fingerprint density at radius 3 is 2.17 bits per heavy atom. The van der Waals surface area contributed by atoms with E-state index in [9.17, 15) is 34.6 Å². The molecule has 0 aliphatic carbocycles. The quantitative estimate of drug-likeness (QED) is 0.403. The average Bonchev–Trinajstić information content (AvgIpc) is 2.72. The number of rotatable bonds is 7. The molecule has 2 aromatic carbocycles. The van der Waals surface area contributed by atoms with Crippen molar-refractivity contribution >= 4 is 34.9 Å². The molecule has 0 fully saturated rings. The van der Waals surface area contributed by atoms with Crippen LogP contribution in [0.3, 0.4) is 0 Å². The maximum atomic E-state index is 12.5. The lowest BCUT2D eigenvalue weighted by Gasteiger charge is -2.11. The van der Waals surface area contributed by atoms with Gasteiger partial charge in [-0.05, 0) is 24.3 Å². The van der Waals surface area contributed by atoms with E-state index in [1.54, 1.807) is 0 Å². The van der Waals surface area contributed by atoms with Crippen molar-refractivity contribution in [2.24, 2.45) is 0 Å². The molecular weight excluding hydrogens is 402 g/mol. The van der Waals surface area contributed by atoms with Gasteiger partial charge in [0.25, 0.3) is 11.4 Å². The standard InChI is InChI=1S/C18H15N3O9/c1-29-17(23)11-4-6-13(18(24)30-2)14(7-11)19-16(22)8-10-3-5-12(20(25)26)9-15(10)21(27)28/h3-7,9H,8H2,1-2H3,(H,19,22). The Balaban J connectivity index is 2.36. The largest absolute Gasteiger partial charge is 0.465 e. The van der Waals surface area contributed by atoms with Crippen LogP contribution >= 0.6 is 0 Å². The van der Waals surface area contributed by atoms with Gasteiger partial charge in [-0.1, -0.05) is 0 Å². The molecule has 156 valence electrons. The van der Waals surface area contributed by atoms with Gasteiger partial charge in [0.1, 0.15) is 0 Å². The first kappa shape index (κ1) is 21.9. The normalized spacial score (nSPS) is 10.1. The van der Waals surface area contributed by atoms with Crippen LogP contribution in [0.15, 0.2) is 36.4 Å². The number of hydrogen-bond acceptors (Lipinski definition) is 9. The van der Waals surface area contributed by atoms with Crippen molar-refractivity contribution in [1.29, 1.82) is 0 Å². The lowest BCUT2D eigenvalue weighted by Crippen LogP contribution is -2.18. The summed E-state index contributed by atoms with van der Waals surface area (Å²) in [5, 5.41) is 24.4. The molecular formula is C18H15N3O9. The van der Waals surface area contributed by atoms with Gasteiger partial charge in [-0.3, -0.25) is 25.0 Å². The van der Waals surface area contributed by atoms with Gasteiger partial charge in [0.15, 0.2) is 0 Å². The molecule has 1 N–H and O–H groups in total. The number of carbonyl (C=O) groups is 3. The van der Waals surface area contributed by atoms with Gasteiger partial charge in [-0.25, -0.2) is 9.59 Å². The summed E-state index contributed by atoms with van der Waals surface area (Å²) in [5.41, 5.74) is -1.26. The molecule has 0 spiro atoms. The summed E-state index contributed by atoms with van der Waals surface area (Å²) in [7, 11) is 2.28. The molecule has 0 bridgehead atoms. The molecule has 12 heteroatoms. The zero-order chi connectivity index (χ0) is 22.4. The fourth-order valence-electron chi connectivity index (χ4n) is 2.53. The summed E-state index contributed by atoms with van der Waals surface area (Å²) in [5.74, 6) is -2.27. The third-order valence-electron chi connectivity index (χ3n) is 3.95. The Bertz CT molecular complexity index is 1050. The summed E-state index contributed by atoms with van der Waals surface area (Å²) < 4.78 is 9.22. The summed E-state index contributed by atoms with van der Waals surface area (Å²) in [4.78, 5) is 56.5. The molecule has 0 atom stereocenters. The van der Waals surface area contributed by atoms with Gasteiger partial charge in [-0.2, -0.15) is 0 Å². The number of nitrogens with one attached hydrogen (secondary N) is 1. The van der Waals surface area contributed by atoms with Gasteiger partial charge >= 0.3 is 11.9 Å². The van der Waals surface area contributed by atoms with Crippen molar-refractivity contribution in [3.8, 4) is 0 Å². The minimum atomic E-state index is -0.840. The number of hydrogen-bond donors (Lipinski definition) is 1. The zero-order valence-corrected chi connectivity index (χ0v) is 15.7. The van der Waals surface area contributed by atoms with Crippen LogP contribution in [-0.4, -0.2) is 41.9 Å². The molecule has 2 rings (SSSR count). The molecule has 0 aromatic heterocycles. The van der Waals surface area contributed by atoms with E-state index in [1.807, 2.05) is 0 Å². The van der Waals surface area contributed by atoms with E-state index >= 15 is 0 Å². The van der Waals surface area contributed by atoms with Crippen molar-refractivity contribution in [3.63, 3.8) is 0 Å². The van der Waals surface area contributed by atoms with Crippen molar-refractivity contribution in [2.45, 2.75) is 6.42 Å². The highest BCUT2D eigenvalue weighted by Crippen LogP contribution is 2.26. The van der Waals surface area contributed by atoms with E-state index in [0.29, 0.717) is 0 Å². The first-order valence-corrected chi connectivity index (χ1v) is 8.20. The highest BCUT2D eigenvalue weighted by atomic mass is 16.6. The number of esters is 2. The van der Waals surface area contributed by atoms with E-state index < -0.39 is 45.5 Å². The first-order valence-electron chi connectivity index (χ1n) is 8.20. The smallest absolute Gasteiger partial charge is 0.339 e. The molecule has 0 aliphatic rings. The highest BCUT2D eigenvalue weighted by Gasteiger charge is 2.22.